The highest BCUT2D eigenvalue weighted by Crippen LogP contribution is 2.25. The fourth-order valence-corrected chi connectivity index (χ4v) is 3.71. The second kappa shape index (κ2) is 9.82. The summed E-state index contributed by atoms with van der Waals surface area (Å²) in [6.07, 6.45) is 2.42. The standard InChI is InChI=1S/C21H26N2O6S/c1-30(26,27)22-11-14-28-20-8-3-2-7-19(20)21(25)23-12-9-17(10-13-23)29-18-6-4-5-16(24)15-18/h2-8,15,17,22,24H,9-14H2,1H3. The van der Waals surface area contributed by atoms with Gasteiger partial charge in [-0.2, -0.15) is 0 Å². The van der Waals surface area contributed by atoms with Crippen LogP contribution in [0.2, 0.25) is 0 Å². The molecule has 8 nitrogen and oxygen atoms in total. The molecule has 1 heterocycles. The van der Waals surface area contributed by atoms with E-state index in [4.69, 9.17) is 9.47 Å². The van der Waals surface area contributed by atoms with Gasteiger partial charge in [0.25, 0.3) is 5.91 Å². The van der Waals surface area contributed by atoms with Crippen molar-refractivity contribution in [3.63, 3.8) is 0 Å². The van der Waals surface area contributed by atoms with Crippen LogP contribution in [0.25, 0.3) is 0 Å². The maximum absolute atomic E-state index is 13.0. The summed E-state index contributed by atoms with van der Waals surface area (Å²) in [5.41, 5.74) is 0.448. The summed E-state index contributed by atoms with van der Waals surface area (Å²) >= 11 is 0. The zero-order chi connectivity index (χ0) is 21.6. The van der Waals surface area contributed by atoms with Crippen LogP contribution in [-0.2, 0) is 10.0 Å². The van der Waals surface area contributed by atoms with E-state index in [0.29, 0.717) is 43.0 Å². The van der Waals surface area contributed by atoms with E-state index in [9.17, 15) is 18.3 Å². The Bertz CT molecular complexity index is 971. The SMILES string of the molecule is CS(=O)(=O)NCCOc1ccccc1C(=O)N1CCC(Oc2cccc(O)c2)CC1. The molecule has 30 heavy (non-hydrogen) atoms. The average molecular weight is 435 g/mol. The van der Waals surface area contributed by atoms with Crippen LogP contribution < -0.4 is 14.2 Å². The van der Waals surface area contributed by atoms with Crippen LogP contribution >= 0.6 is 0 Å². The molecular weight excluding hydrogens is 408 g/mol. The van der Waals surface area contributed by atoms with E-state index in [2.05, 4.69) is 4.72 Å². The Morgan fingerprint density at radius 1 is 1.17 bits per heavy atom. The number of phenols is 1. The van der Waals surface area contributed by atoms with Crippen molar-refractivity contribution in [1.82, 2.24) is 9.62 Å². The summed E-state index contributed by atoms with van der Waals surface area (Å²) < 4.78 is 36.2. The monoisotopic (exact) mass is 434 g/mol. The number of aromatic hydroxyl groups is 1. The highest BCUT2D eigenvalue weighted by Gasteiger charge is 2.26. The molecule has 0 aliphatic carbocycles. The Hall–Kier alpha value is -2.78. The van der Waals surface area contributed by atoms with E-state index in [1.54, 1.807) is 53.4 Å². The summed E-state index contributed by atoms with van der Waals surface area (Å²) in [7, 11) is -3.28. The number of piperidine rings is 1. The van der Waals surface area contributed by atoms with Crippen LogP contribution in [0.4, 0.5) is 0 Å². The van der Waals surface area contributed by atoms with E-state index in [1.165, 1.54) is 0 Å². The fraction of sp³-hybridized carbons (Fsp3) is 0.381. The first-order valence-electron chi connectivity index (χ1n) is 9.73. The number of hydrogen-bond donors (Lipinski definition) is 2. The van der Waals surface area contributed by atoms with Crippen molar-refractivity contribution in [2.45, 2.75) is 18.9 Å². The molecule has 0 spiro atoms. The molecule has 0 saturated carbocycles. The van der Waals surface area contributed by atoms with Crippen molar-refractivity contribution >= 4 is 15.9 Å². The van der Waals surface area contributed by atoms with Gasteiger partial charge in [0.1, 0.15) is 30.0 Å². The lowest BCUT2D eigenvalue weighted by atomic mass is 10.1. The van der Waals surface area contributed by atoms with Crippen molar-refractivity contribution in [2.24, 2.45) is 0 Å². The molecular formula is C21H26N2O6S. The third-order valence-corrected chi connectivity index (χ3v) is 5.42. The fourth-order valence-electron chi connectivity index (χ4n) is 3.25. The van der Waals surface area contributed by atoms with Crippen LogP contribution in [0.1, 0.15) is 23.2 Å². The molecule has 1 saturated heterocycles. The molecule has 1 aliphatic heterocycles. The molecule has 9 heteroatoms. The molecule has 1 fully saturated rings. The van der Waals surface area contributed by atoms with Crippen molar-refractivity contribution < 1.29 is 27.8 Å². The third kappa shape index (κ3) is 6.36. The van der Waals surface area contributed by atoms with Gasteiger partial charge in [-0.05, 0) is 24.3 Å². The van der Waals surface area contributed by atoms with Gasteiger partial charge in [-0.15, -0.1) is 0 Å². The Labute approximate surface area is 176 Å². The number of phenolic OH excluding ortho intramolecular Hbond substituents is 1. The molecule has 0 bridgehead atoms. The second-order valence-electron chi connectivity index (χ2n) is 7.12. The Morgan fingerprint density at radius 3 is 2.60 bits per heavy atom. The number of carbonyl (C=O) groups is 1. The van der Waals surface area contributed by atoms with Gasteiger partial charge in [0.15, 0.2) is 0 Å². The number of amides is 1. The lowest BCUT2D eigenvalue weighted by Crippen LogP contribution is -2.42. The Balaban J connectivity index is 1.54. The Morgan fingerprint density at radius 2 is 1.90 bits per heavy atom. The predicted octanol–water partition coefficient (Wildman–Crippen LogP) is 2.00. The first kappa shape index (κ1) is 21.9. The van der Waals surface area contributed by atoms with Crippen LogP contribution in [0.5, 0.6) is 17.2 Å². The molecule has 3 rings (SSSR count). The van der Waals surface area contributed by atoms with Crippen LogP contribution in [0, 0.1) is 0 Å². The molecule has 0 atom stereocenters. The number of carbonyl (C=O) groups excluding carboxylic acids is 1. The number of rotatable bonds is 8. The number of likely N-dealkylation sites (tertiary alicyclic amines) is 1. The van der Waals surface area contributed by atoms with Crippen molar-refractivity contribution in [3.05, 3.63) is 54.1 Å². The minimum absolute atomic E-state index is 0.0237. The van der Waals surface area contributed by atoms with Crippen molar-refractivity contribution in [1.29, 1.82) is 0 Å². The normalized spacial score (nSPS) is 15.0. The van der Waals surface area contributed by atoms with E-state index < -0.39 is 10.0 Å². The zero-order valence-corrected chi connectivity index (χ0v) is 17.6. The third-order valence-electron chi connectivity index (χ3n) is 4.69. The quantitative estimate of drug-likeness (QED) is 0.616. The summed E-state index contributed by atoms with van der Waals surface area (Å²) in [5, 5.41) is 9.55. The van der Waals surface area contributed by atoms with Gasteiger partial charge in [0.2, 0.25) is 10.0 Å². The number of nitrogens with one attached hydrogen (secondary N) is 1. The van der Waals surface area contributed by atoms with Gasteiger partial charge in [-0.25, -0.2) is 13.1 Å². The van der Waals surface area contributed by atoms with Gasteiger partial charge in [-0.1, -0.05) is 18.2 Å². The van der Waals surface area contributed by atoms with Gasteiger partial charge in [0.05, 0.1) is 11.8 Å². The molecule has 2 aromatic carbocycles. The largest absolute Gasteiger partial charge is 0.508 e. The highest BCUT2D eigenvalue weighted by molar-refractivity contribution is 7.88. The van der Waals surface area contributed by atoms with Crippen molar-refractivity contribution in [3.8, 4) is 17.2 Å². The first-order valence-corrected chi connectivity index (χ1v) is 11.6. The topological polar surface area (TPSA) is 105 Å². The molecule has 1 amide bonds. The summed E-state index contributed by atoms with van der Waals surface area (Å²) in [4.78, 5) is 14.7. The van der Waals surface area contributed by atoms with Gasteiger partial charge in [0, 0.05) is 38.5 Å². The predicted molar refractivity (Wildman–Crippen MR) is 112 cm³/mol. The summed E-state index contributed by atoms with van der Waals surface area (Å²) in [6.45, 7) is 1.34. The van der Waals surface area contributed by atoms with E-state index in [1.807, 2.05) is 0 Å². The maximum atomic E-state index is 13.0. The molecule has 162 valence electrons. The number of hydrogen-bond acceptors (Lipinski definition) is 6. The number of nitrogens with zero attached hydrogens (tertiary/aromatic N) is 1. The summed E-state index contributed by atoms with van der Waals surface area (Å²) in [5.74, 6) is 1.07. The first-order chi connectivity index (χ1) is 14.3. The van der Waals surface area contributed by atoms with Crippen LogP contribution in [0.3, 0.4) is 0 Å². The average Bonchev–Trinajstić information content (AvgIpc) is 2.71. The van der Waals surface area contributed by atoms with E-state index in [0.717, 1.165) is 6.26 Å². The number of ether oxygens (including phenoxy) is 2. The van der Waals surface area contributed by atoms with E-state index >= 15 is 0 Å². The highest BCUT2D eigenvalue weighted by atomic mass is 32.2. The second-order valence-corrected chi connectivity index (χ2v) is 8.95. The van der Waals surface area contributed by atoms with Gasteiger partial charge >= 0.3 is 0 Å². The molecule has 2 N–H and O–H groups in total. The molecule has 0 aromatic heterocycles. The van der Waals surface area contributed by atoms with E-state index in [-0.39, 0.29) is 30.9 Å². The molecule has 2 aromatic rings. The molecule has 0 unspecified atom stereocenters. The Kier molecular flexibility index (Phi) is 7.17. The van der Waals surface area contributed by atoms with Crippen LogP contribution in [-0.4, -0.2) is 62.9 Å². The number of benzene rings is 2. The zero-order valence-electron chi connectivity index (χ0n) is 16.8. The lowest BCUT2D eigenvalue weighted by molar-refractivity contribution is 0.0591. The maximum Gasteiger partial charge on any atom is 0.257 e. The summed E-state index contributed by atoms with van der Waals surface area (Å²) in [6, 6.07) is 13.6. The van der Waals surface area contributed by atoms with Gasteiger partial charge < -0.3 is 19.5 Å². The minimum atomic E-state index is -3.28. The van der Waals surface area contributed by atoms with Crippen LogP contribution in [0.15, 0.2) is 48.5 Å². The minimum Gasteiger partial charge on any atom is -0.508 e. The number of para-hydroxylation sites is 1. The van der Waals surface area contributed by atoms with Gasteiger partial charge in [-0.3, -0.25) is 4.79 Å². The lowest BCUT2D eigenvalue weighted by Gasteiger charge is -2.32. The van der Waals surface area contributed by atoms with Crippen molar-refractivity contribution in [2.75, 3.05) is 32.5 Å². The smallest absolute Gasteiger partial charge is 0.257 e. The number of sulfonamides is 1. The molecule has 1 aliphatic rings. The molecule has 0 radical (unpaired) electrons.